The summed E-state index contributed by atoms with van der Waals surface area (Å²) in [6.07, 6.45) is 3.30. The summed E-state index contributed by atoms with van der Waals surface area (Å²) in [5.41, 5.74) is 1.84. The maximum Gasteiger partial charge on any atom is 0.191 e. The molecular formula is C17H19N3O2. The molecule has 0 atom stereocenters. The summed E-state index contributed by atoms with van der Waals surface area (Å²) in [6, 6.07) is 10.4. The largest absolute Gasteiger partial charge is 0.494 e. The van der Waals surface area contributed by atoms with Crippen molar-refractivity contribution in [3.8, 4) is 5.75 Å². The molecule has 22 heavy (non-hydrogen) atoms. The van der Waals surface area contributed by atoms with E-state index in [4.69, 9.17) is 9.26 Å². The molecule has 0 saturated carbocycles. The Kier molecular flexibility index (Phi) is 3.71. The minimum Gasteiger partial charge on any atom is -0.494 e. The molecule has 1 aromatic carbocycles. The zero-order valence-electron chi connectivity index (χ0n) is 13.0. The first kappa shape index (κ1) is 14.4. The summed E-state index contributed by atoms with van der Waals surface area (Å²) in [5.74, 6) is 1.33. The highest BCUT2D eigenvalue weighted by Crippen LogP contribution is 2.32. The number of fused-ring (bicyclic) bond motifs is 1. The Balaban J connectivity index is 1.85. The predicted octanol–water partition coefficient (Wildman–Crippen LogP) is 3.62. The lowest BCUT2D eigenvalue weighted by Crippen LogP contribution is -2.27. The van der Waals surface area contributed by atoms with Gasteiger partial charge in [-0.2, -0.15) is 0 Å². The van der Waals surface area contributed by atoms with Crippen molar-refractivity contribution in [3.05, 3.63) is 48.3 Å². The number of ether oxygens (including phenoxy) is 1. The molecule has 1 N–H and O–H groups in total. The summed E-state index contributed by atoms with van der Waals surface area (Å²) in [5, 5.41) is 8.28. The zero-order valence-corrected chi connectivity index (χ0v) is 13.0. The maximum absolute atomic E-state index is 5.34. The fraction of sp³-hybridized carbons (Fsp3) is 0.294. The molecule has 114 valence electrons. The van der Waals surface area contributed by atoms with Gasteiger partial charge in [-0.15, -0.1) is 0 Å². The van der Waals surface area contributed by atoms with Crippen LogP contribution in [0.1, 0.15) is 19.4 Å². The van der Waals surface area contributed by atoms with Gasteiger partial charge in [0.25, 0.3) is 0 Å². The number of methoxy groups -OCH3 is 1. The Hall–Kier alpha value is -2.56. The monoisotopic (exact) mass is 297 g/mol. The first-order chi connectivity index (χ1) is 10.6. The molecule has 0 fully saturated rings. The standard InChI is InChI=1S/C17H19N3O2/c1-17(2,12-7-5-4-6-8-12)11-19-16-15-13(21-3)9-18-10-14(15)22-20-16/h4-10H,11H2,1-3H3,(H,19,20). The third-order valence-electron chi connectivity index (χ3n) is 3.82. The Bertz CT molecular complexity index is 766. The van der Waals surface area contributed by atoms with E-state index < -0.39 is 0 Å². The van der Waals surface area contributed by atoms with Crippen LogP contribution in [0.5, 0.6) is 5.75 Å². The van der Waals surface area contributed by atoms with Gasteiger partial charge in [0.15, 0.2) is 17.2 Å². The number of hydrogen-bond donors (Lipinski definition) is 1. The van der Waals surface area contributed by atoms with Crippen LogP contribution in [0.15, 0.2) is 47.2 Å². The van der Waals surface area contributed by atoms with Gasteiger partial charge in [-0.25, -0.2) is 0 Å². The molecule has 0 aliphatic heterocycles. The lowest BCUT2D eigenvalue weighted by atomic mass is 9.84. The van der Waals surface area contributed by atoms with E-state index >= 15 is 0 Å². The second-order valence-corrected chi connectivity index (χ2v) is 5.85. The number of benzene rings is 1. The summed E-state index contributed by atoms with van der Waals surface area (Å²) in [6.45, 7) is 5.11. The van der Waals surface area contributed by atoms with Gasteiger partial charge in [-0.3, -0.25) is 4.98 Å². The van der Waals surface area contributed by atoms with Crippen LogP contribution in [0.4, 0.5) is 5.82 Å². The number of pyridine rings is 1. The van der Waals surface area contributed by atoms with Crippen LogP contribution in [0.3, 0.4) is 0 Å². The van der Waals surface area contributed by atoms with E-state index in [9.17, 15) is 0 Å². The Morgan fingerprint density at radius 1 is 1.18 bits per heavy atom. The van der Waals surface area contributed by atoms with Crippen LogP contribution in [0.2, 0.25) is 0 Å². The van der Waals surface area contributed by atoms with Gasteiger partial charge in [-0.1, -0.05) is 49.3 Å². The number of nitrogens with one attached hydrogen (secondary N) is 1. The molecule has 5 nitrogen and oxygen atoms in total. The summed E-state index contributed by atoms with van der Waals surface area (Å²) < 4.78 is 10.6. The zero-order chi connectivity index (χ0) is 15.6. The van der Waals surface area contributed by atoms with Crippen molar-refractivity contribution in [1.82, 2.24) is 10.1 Å². The lowest BCUT2D eigenvalue weighted by Gasteiger charge is -2.25. The van der Waals surface area contributed by atoms with Crippen molar-refractivity contribution in [2.75, 3.05) is 19.0 Å². The van der Waals surface area contributed by atoms with E-state index in [0.717, 1.165) is 11.9 Å². The quantitative estimate of drug-likeness (QED) is 0.779. The molecule has 0 unspecified atom stereocenters. The summed E-state index contributed by atoms with van der Waals surface area (Å²) >= 11 is 0. The fourth-order valence-corrected chi connectivity index (χ4v) is 2.44. The third-order valence-corrected chi connectivity index (χ3v) is 3.82. The molecule has 2 aromatic heterocycles. The van der Waals surface area contributed by atoms with Crippen LogP contribution < -0.4 is 10.1 Å². The van der Waals surface area contributed by atoms with Crippen LogP contribution >= 0.6 is 0 Å². The predicted molar refractivity (Wildman–Crippen MR) is 86.3 cm³/mol. The molecule has 0 bridgehead atoms. The molecule has 0 aliphatic carbocycles. The first-order valence-corrected chi connectivity index (χ1v) is 7.18. The molecule has 0 saturated heterocycles. The molecule has 0 aliphatic rings. The topological polar surface area (TPSA) is 60.2 Å². The number of aromatic nitrogens is 2. The molecule has 3 aromatic rings. The van der Waals surface area contributed by atoms with Crippen molar-refractivity contribution >= 4 is 16.8 Å². The van der Waals surface area contributed by atoms with Crippen molar-refractivity contribution in [2.45, 2.75) is 19.3 Å². The van der Waals surface area contributed by atoms with E-state index in [1.54, 1.807) is 19.5 Å². The van der Waals surface area contributed by atoms with E-state index in [-0.39, 0.29) is 5.41 Å². The molecule has 3 rings (SSSR count). The number of hydrogen-bond acceptors (Lipinski definition) is 5. The highest BCUT2D eigenvalue weighted by Gasteiger charge is 2.22. The van der Waals surface area contributed by atoms with Gasteiger partial charge in [0, 0.05) is 12.0 Å². The number of nitrogens with zero attached hydrogens (tertiary/aromatic N) is 2. The molecule has 2 heterocycles. The minimum atomic E-state index is -0.0349. The van der Waals surface area contributed by atoms with Gasteiger partial charge < -0.3 is 14.6 Å². The van der Waals surface area contributed by atoms with Gasteiger partial charge in [0.2, 0.25) is 0 Å². The smallest absolute Gasteiger partial charge is 0.191 e. The second kappa shape index (κ2) is 5.67. The molecule has 0 radical (unpaired) electrons. The van der Waals surface area contributed by atoms with Crippen LogP contribution in [-0.4, -0.2) is 23.8 Å². The normalized spacial score (nSPS) is 11.6. The van der Waals surface area contributed by atoms with E-state index in [2.05, 4.69) is 53.6 Å². The van der Waals surface area contributed by atoms with Crippen molar-refractivity contribution in [1.29, 1.82) is 0 Å². The molecule has 0 spiro atoms. The van der Waals surface area contributed by atoms with Gasteiger partial charge in [0.05, 0.1) is 19.5 Å². The first-order valence-electron chi connectivity index (χ1n) is 7.18. The SMILES string of the molecule is COc1cncc2onc(NCC(C)(C)c3ccccc3)c12. The van der Waals surface area contributed by atoms with Crippen molar-refractivity contribution in [3.63, 3.8) is 0 Å². The Morgan fingerprint density at radius 2 is 1.95 bits per heavy atom. The van der Waals surface area contributed by atoms with Gasteiger partial charge in [-0.05, 0) is 5.56 Å². The van der Waals surface area contributed by atoms with Crippen molar-refractivity contribution in [2.24, 2.45) is 0 Å². The Morgan fingerprint density at radius 3 is 2.68 bits per heavy atom. The minimum absolute atomic E-state index is 0.0349. The van der Waals surface area contributed by atoms with Crippen LogP contribution in [0, 0.1) is 0 Å². The Labute approximate surface area is 129 Å². The van der Waals surface area contributed by atoms with Crippen LogP contribution in [-0.2, 0) is 5.41 Å². The third kappa shape index (κ3) is 2.62. The van der Waals surface area contributed by atoms with Gasteiger partial charge >= 0.3 is 0 Å². The van der Waals surface area contributed by atoms with Crippen molar-refractivity contribution < 1.29 is 9.26 Å². The summed E-state index contributed by atoms with van der Waals surface area (Å²) in [7, 11) is 1.61. The maximum atomic E-state index is 5.34. The molecular weight excluding hydrogens is 278 g/mol. The average molecular weight is 297 g/mol. The summed E-state index contributed by atoms with van der Waals surface area (Å²) in [4.78, 5) is 4.07. The lowest BCUT2D eigenvalue weighted by molar-refractivity contribution is 0.417. The fourth-order valence-electron chi connectivity index (χ4n) is 2.44. The van der Waals surface area contributed by atoms with E-state index in [1.807, 2.05) is 6.07 Å². The average Bonchev–Trinajstić information content (AvgIpc) is 2.97. The molecule has 5 heteroatoms. The highest BCUT2D eigenvalue weighted by molar-refractivity contribution is 5.93. The van der Waals surface area contributed by atoms with E-state index in [1.165, 1.54) is 5.56 Å². The molecule has 0 amide bonds. The number of rotatable bonds is 5. The van der Waals surface area contributed by atoms with E-state index in [0.29, 0.717) is 17.2 Å². The second-order valence-electron chi connectivity index (χ2n) is 5.85. The highest BCUT2D eigenvalue weighted by atomic mass is 16.5. The number of anilines is 1. The van der Waals surface area contributed by atoms with Gasteiger partial charge in [0.1, 0.15) is 5.39 Å². The van der Waals surface area contributed by atoms with Crippen LogP contribution in [0.25, 0.3) is 11.0 Å².